The van der Waals surface area contributed by atoms with E-state index in [1.165, 1.54) is 4.90 Å². The number of thioether (sulfide) groups is 1. The zero-order valence-corrected chi connectivity index (χ0v) is 13.9. The number of benzene rings is 1. The summed E-state index contributed by atoms with van der Waals surface area (Å²) in [4.78, 5) is 15.7. The lowest BCUT2D eigenvalue weighted by Gasteiger charge is -2.17. The van der Waals surface area contributed by atoms with Crippen LogP contribution in [0.3, 0.4) is 0 Å². The Balaban J connectivity index is 1.89. The molecule has 1 aromatic carbocycles. The molecule has 0 radical (unpaired) electrons. The second-order valence-electron chi connectivity index (χ2n) is 5.64. The molecule has 0 unspecified atom stereocenters. The molecule has 5 nitrogen and oxygen atoms in total. The van der Waals surface area contributed by atoms with Crippen LogP contribution >= 0.6 is 11.8 Å². The van der Waals surface area contributed by atoms with Gasteiger partial charge in [-0.25, -0.2) is 0 Å². The molecule has 1 amide bonds. The van der Waals surface area contributed by atoms with Crippen molar-refractivity contribution in [2.75, 3.05) is 27.2 Å². The summed E-state index contributed by atoms with van der Waals surface area (Å²) in [6, 6.07) is 8.28. The van der Waals surface area contributed by atoms with Crippen LogP contribution in [0.4, 0.5) is 0 Å². The molecule has 0 saturated carbocycles. The molecule has 1 aromatic heterocycles. The zero-order chi connectivity index (χ0) is 15.7. The molecule has 0 fully saturated rings. The van der Waals surface area contributed by atoms with E-state index >= 15 is 0 Å². The van der Waals surface area contributed by atoms with Gasteiger partial charge in [0.15, 0.2) is 5.69 Å². The van der Waals surface area contributed by atoms with Crippen LogP contribution in [-0.2, 0) is 12.8 Å². The summed E-state index contributed by atoms with van der Waals surface area (Å²) in [5.74, 6) is 0.704. The number of fused-ring (bicyclic) bond motifs is 3. The number of nitrogens with one attached hydrogen (secondary N) is 1. The second kappa shape index (κ2) is 6.14. The Morgan fingerprint density at radius 3 is 2.95 bits per heavy atom. The molecular formula is C16H20N4OS. The molecule has 2 heterocycles. The van der Waals surface area contributed by atoms with Gasteiger partial charge in [0.2, 0.25) is 0 Å². The van der Waals surface area contributed by atoms with Crippen LogP contribution in [0.25, 0.3) is 11.3 Å². The average molecular weight is 316 g/mol. The van der Waals surface area contributed by atoms with Crippen LogP contribution in [0, 0.1) is 0 Å². The first-order valence-electron chi connectivity index (χ1n) is 7.29. The van der Waals surface area contributed by atoms with Gasteiger partial charge in [-0.05, 0) is 20.2 Å². The Morgan fingerprint density at radius 2 is 2.18 bits per heavy atom. The van der Waals surface area contributed by atoms with Crippen molar-refractivity contribution < 1.29 is 4.79 Å². The minimum absolute atomic E-state index is 0.0846. The van der Waals surface area contributed by atoms with E-state index in [1.54, 1.807) is 11.8 Å². The Labute approximate surface area is 134 Å². The Kier molecular flexibility index (Phi) is 4.22. The molecule has 0 bridgehead atoms. The average Bonchev–Trinajstić information content (AvgIpc) is 2.84. The van der Waals surface area contributed by atoms with Crippen LogP contribution in [-0.4, -0.2) is 47.8 Å². The zero-order valence-electron chi connectivity index (χ0n) is 13.1. The number of carbonyl (C=O) groups is 1. The van der Waals surface area contributed by atoms with Crippen molar-refractivity contribution in [2.24, 2.45) is 7.05 Å². The van der Waals surface area contributed by atoms with Gasteiger partial charge in [-0.2, -0.15) is 5.10 Å². The number of hydrogen-bond acceptors (Lipinski definition) is 4. The number of rotatable bonds is 4. The number of nitrogens with zero attached hydrogens (tertiary/aromatic N) is 3. The molecule has 6 heteroatoms. The normalized spacial score (nSPS) is 12.9. The number of amides is 1. The third-order valence-corrected chi connectivity index (χ3v) is 4.82. The lowest BCUT2D eigenvalue weighted by Crippen LogP contribution is -2.32. The molecule has 116 valence electrons. The minimum atomic E-state index is -0.0846. The van der Waals surface area contributed by atoms with E-state index in [4.69, 9.17) is 0 Å². The smallest absolute Gasteiger partial charge is 0.272 e. The summed E-state index contributed by atoms with van der Waals surface area (Å²) in [6.45, 7) is 1.44. The topological polar surface area (TPSA) is 50.2 Å². The predicted molar refractivity (Wildman–Crippen MR) is 89.1 cm³/mol. The molecule has 22 heavy (non-hydrogen) atoms. The molecule has 1 N–H and O–H groups in total. The number of aryl methyl sites for hydroxylation is 1. The van der Waals surface area contributed by atoms with Crippen molar-refractivity contribution in [3.05, 3.63) is 35.5 Å². The third kappa shape index (κ3) is 2.76. The molecule has 1 aliphatic rings. The Morgan fingerprint density at radius 1 is 1.41 bits per heavy atom. The summed E-state index contributed by atoms with van der Waals surface area (Å²) in [5, 5.41) is 7.42. The molecule has 0 spiro atoms. The first-order chi connectivity index (χ1) is 10.6. The van der Waals surface area contributed by atoms with E-state index in [0.717, 1.165) is 29.1 Å². The molecule has 0 saturated heterocycles. The number of carbonyl (C=O) groups excluding carboxylic acids is 1. The van der Waals surface area contributed by atoms with Crippen LogP contribution in [0.15, 0.2) is 29.2 Å². The molecular weight excluding hydrogens is 296 g/mol. The fourth-order valence-corrected chi connectivity index (χ4v) is 3.71. The summed E-state index contributed by atoms with van der Waals surface area (Å²) in [7, 11) is 5.88. The van der Waals surface area contributed by atoms with E-state index in [-0.39, 0.29) is 5.91 Å². The fraction of sp³-hybridized carbons (Fsp3) is 0.375. The van der Waals surface area contributed by atoms with Crippen molar-refractivity contribution in [3.8, 4) is 11.3 Å². The van der Waals surface area contributed by atoms with Crippen LogP contribution in [0.5, 0.6) is 0 Å². The van der Waals surface area contributed by atoms with E-state index in [1.807, 2.05) is 42.9 Å². The molecule has 1 aliphatic heterocycles. The molecule has 0 aliphatic carbocycles. The molecule has 2 aromatic rings. The van der Waals surface area contributed by atoms with Crippen LogP contribution in [0.2, 0.25) is 0 Å². The maximum absolute atomic E-state index is 12.4. The monoisotopic (exact) mass is 316 g/mol. The highest BCUT2D eigenvalue weighted by molar-refractivity contribution is 7.98. The van der Waals surface area contributed by atoms with E-state index in [0.29, 0.717) is 12.2 Å². The SMILES string of the molecule is CN(C)CCNC(=O)c1nn(C)c2c1CSc1ccccc1-2. The third-order valence-electron chi connectivity index (χ3n) is 3.72. The summed E-state index contributed by atoms with van der Waals surface area (Å²) in [6.07, 6.45) is 0. The van der Waals surface area contributed by atoms with Gasteiger partial charge in [-0.15, -0.1) is 11.8 Å². The summed E-state index contributed by atoms with van der Waals surface area (Å²) < 4.78 is 1.83. The molecule has 3 rings (SSSR count). The van der Waals surface area contributed by atoms with Crippen molar-refractivity contribution in [1.82, 2.24) is 20.0 Å². The first kappa shape index (κ1) is 15.1. The lowest BCUT2D eigenvalue weighted by atomic mass is 10.1. The number of likely N-dealkylation sites (N-methyl/N-ethyl adjacent to an activating group) is 1. The van der Waals surface area contributed by atoms with E-state index < -0.39 is 0 Å². The fourth-order valence-electron chi connectivity index (χ4n) is 2.64. The minimum Gasteiger partial charge on any atom is -0.349 e. The second-order valence-corrected chi connectivity index (χ2v) is 6.66. The maximum atomic E-state index is 12.4. The van der Waals surface area contributed by atoms with Gasteiger partial charge in [0.1, 0.15) is 0 Å². The van der Waals surface area contributed by atoms with Gasteiger partial charge in [0.05, 0.1) is 5.69 Å². The number of aromatic nitrogens is 2. The van der Waals surface area contributed by atoms with Gasteiger partial charge in [-0.3, -0.25) is 9.48 Å². The lowest BCUT2D eigenvalue weighted by molar-refractivity contribution is 0.0944. The summed E-state index contributed by atoms with van der Waals surface area (Å²) >= 11 is 1.76. The van der Waals surface area contributed by atoms with Crippen LogP contribution < -0.4 is 5.32 Å². The van der Waals surface area contributed by atoms with Crippen molar-refractivity contribution in [1.29, 1.82) is 0 Å². The highest BCUT2D eigenvalue weighted by Gasteiger charge is 2.27. The van der Waals surface area contributed by atoms with Crippen molar-refractivity contribution in [3.63, 3.8) is 0 Å². The first-order valence-corrected chi connectivity index (χ1v) is 8.27. The van der Waals surface area contributed by atoms with Crippen molar-refractivity contribution >= 4 is 17.7 Å². The van der Waals surface area contributed by atoms with Crippen LogP contribution in [0.1, 0.15) is 16.1 Å². The highest BCUT2D eigenvalue weighted by Crippen LogP contribution is 2.42. The summed E-state index contributed by atoms with van der Waals surface area (Å²) in [5.41, 5.74) is 3.81. The van der Waals surface area contributed by atoms with E-state index in [2.05, 4.69) is 22.5 Å². The van der Waals surface area contributed by atoms with E-state index in [9.17, 15) is 4.79 Å². The van der Waals surface area contributed by atoms with Gasteiger partial charge in [0, 0.05) is 41.9 Å². The number of hydrogen-bond donors (Lipinski definition) is 1. The largest absolute Gasteiger partial charge is 0.349 e. The standard InChI is InChI=1S/C16H20N4OS/c1-19(2)9-8-17-16(21)14-12-10-22-13-7-5-4-6-11(13)15(12)20(3)18-14/h4-7H,8-10H2,1-3H3,(H,17,21). The quantitative estimate of drug-likeness (QED) is 0.937. The van der Waals surface area contributed by atoms with Gasteiger partial charge >= 0.3 is 0 Å². The maximum Gasteiger partial charge on any atom is 0.272 e. The Bertz CT molecular complexity index is 708. The molecule has 0 atom stereocenters. The predicted octanol–water partition coefficient (Wildman–Crippen LogP) is 1.98. The Hall–Kier alpha value is -1.79. The van der Waals surface area contributed by atoms with Crippen molar-refractivity contribution in [2.45, 2.75) is 10.6 Å². The van der Waals surface area contributed by atoms with Gasteiger partial charge in [-0.1, -0.05) is 18.2 Å². The van der Waals surface area contributed by atoms with Gasteiger partial charge < -0.3 is 10.2 Å². The highest BCUT2D eigenvalue weighted by atomic mass is 32.2. The van der Waals surface area contributed by atoms with Gasteiger partial charge in [0.25, 0.3) is 5.91 Å².